The molecule has 0 spiro atoms. The SMILES string of the molecule is CC(CNC(=O)c1cc(Br)c2c(c1)[nH]c(=O)n2C)c1ncc[nH]1. The number of carbonyl (C=O) groups is 1. The molecule has 0 aliphatic heterocycles. The molecule has 2 heterocycles. The molecule has 0 saturated carbocycles. The van der Waals surface area contributed by atoms with Crippen LogP contribution in [0.5, 0.6) is 0 Å². The van der Waals surface area contributed by atoms with Crippen LogP contribution in [0.2, 0.25) is 0 Å². The van der Waals surface area contributed by atoms with Crippen LogP contribution in [0.3, 0.4) is 0 Å². The Morgan fingerprint density at radius 3 is 2.96 bits per heavy atom. The molecular formula is C15H16BrN5O2. The minimum Gasteiger partial charge on any atom is -0.351 e. The number of aromatic amines is 2. The number of H-pyrrole nitrogens is 2. The number of hydrogen-bond donors (Lipinski definition) is 3. The largest absolute Gasteiger partial charge is 0.351 e. The number of aromatic nitrogens is 4. The van der Waals surface area contributed by atoms with Gasteiger partial charge in [-0.15, -0.1) is 0 Å². The molecule has 3 aromatic rings. The van der Waals surface area contributed by atoms with Crippen LogP contribution in [0.4, 0.5) is 0 Å². The van der Waals surface area contributed by atoms with Crippen molar-refractivity contribution >= 4 is 32.9 Å². The van der Waals surface area contributed by atoms with E-state index in [0.717, 1.165) is 11.3 Å². The minimum absolute atomic E-state index is 0.0812. The first-order valence-corrected chi connectivity index (χ1v) is 7.92. The molecule has 0 fully saturated rings. The van der Waals surface area contributed by atoms with Crippen LogP contribution in [-0.2, 0) is 7.05 Å². The summed E-state index contributed by atoms with van der Waals surface area (Å²) in [7, 11) is 1.68. The Labute approximate surface area is 140 Å². The zero-order chi connectivity index (χ0) is 16.6. The number of nitrogens with one attached hydrogen (secondary N) is 3. The van der Waals surface area contributed by atoms with E-state index >= 15 is 0 Å². The predicted octanol–water partition coefficient (Wildman–Crippen LogP) is 1.89. The Hall–Kier alpha value is -2.35. The average Bonchev–Trinajstić information content (AvgIpc) is 3.14. The quantitative estimate of drug-likeness (QED) is 0.647. The molecule has 0 radical (unpaired) electrons. The Morgan fingerprint density at radius 2 is 2.26 bits per heavy atom. The predicted molar refractivity (Wildman–Crippen MR) is 90.6 cm³/mol. The zero-order valence-corrected chi connectivity index (χ0v) is 14.3. The lowest BCUT2D eigenvalue weighted by Gasteiger charge is -2.11. The number of fused-ring (bicyclic) bond motifs is 1. The van der Waals surface area contributed by atoms with Crippen molar-refractivity contribution in [1.29, 1.82) is 0 Å². The molecule has 0 aliphatic rings. The summed E-state index contributed by atoms with van der Waals surface area (Å²) in [4.78, 5) is 34.0. The molecular weight excluding hydrogens is 362 g/mol. The van der Waals surface area contributed by atoms with Gasteiger partial charge < -0.3 is 15.3 Å². The summed E-state index contributed by atoms with van der Waals surface area (Å²) < 4.78 is 2.19. The number of aryl methyl sites for hydroxylation is 1. The lowest BCUT2D eigenvalue weighted by Crippen LogP contribution is -2.27. The third-order valence-electron chi connectivity index (χ3n) is 3.76. The number of benzene rings is 1. The van der Waals surface area contributed by atoms with E-state index in [4.69, 9.17) is 0 Å². The van der Waals surface area contributed by atoms with Crippen LogP contribution in [-0.4, -0.2) is 32.0 Å². The molecule has 3 N–H and O–H groups in total. The first-order chi connectivity index (χ1) is 11.0. The van der Waals surface area contributed by atoms with Crippen molar-refractivity contribution in [3.8, 4) is 0 Å². The third-order valence-corrected chi connectivity index (χ3v) is 4.37. The van der Waals surface area contributed by atoms with E-state index in [9.17, 15) is 9.59 Å². The van der Waals surface area contributed by atoms with Crippen LogP contribution in [0, 0.1) is 0 Å². The number of nitrogens with zero attached hydrogens (tertiary/aromatic N) is 2. The van der Waals surface area contributed by atoms with Crippen LogP contribution >= 0.6 is 15.9 Å². The molecule has 2 aromatic heterocycles. The summed E-state index contributed by atoms with van der Waals surface area (Å²) in [5.74, 6) is 0.711. The maximum Gasteiger partial charge on any atom is 0.326 e. The summed E-state index contributed by atoms with van der Waals surface area (Å²) in [6.45, 7) is 2.44. The van der Waals surface area contributed by atoms with E-state index in [1.807, 2.05) is 6.92 Å². The van der Waals surface area contributed by atoms with Gasteiger partial charge in [0.25, 0.3) is 5.91 Å². The van der Waals surface area contributed by atoms with Crippen molar-refractivity contribution in [2.75, 3.05) is 6.54 Å². The highest BCUT2D eigenvalue weighted by Gasteiger charge is 2.15. The van der Waals surface area contributed by atoms with Crippen LogP contribution in [0.1, 0.15) is 29.0 Å². The molecule has 120 valence electrons. The van der Waals surface area contributed by atoms with E-state index in [0.29, 0.717) is 22.1 Å². The fourth-order valence-corrected chi connectivity index (χ4v) is 3.18. The second-order valence-corrected chi connectivity index (χ2v) is 6.28. The van der Waals surface area contributed by atoms with Gasteiger partial charge in [-0.25, -0.2) is 9.78 Å². The second-order valence-electron chi connectivity index (χ2n) is 5.43. The maximum atomic E-state index is 12.3. The highest BCUT2D eigenvalue weighted by Crippen LogP contribution is 2.23. The molecule has 1 aromatic carbocycles. The molecule has 0 aliphatic carbocycles. The summed E-state index contributed by atoms with van der Waals surface area (Å²) in [6.07, 6.45) is 3.44. The highest BCUT2D eigenvalue weighted by atomic mass is 79.9. The molecule has 7 nitrogen and oxygen atoms in total. The molecule has 8 heteroatoms. The minimum atomic E-state index is -0.218. The maximum absolute atomic E-state index is 12.3. The Morgan fingerprint density at radius 1 is 1.48 bits per heavy atom. The summed E-state index contributed by atoms with van der Waals surface area (Å²) >= 11 is 3.42. The van der Waals surface area contributed by atoms with Crippen molar-refractivity contribution < 1.29 is 4.79 Å². The number of amides is 1. The van der Waals surface area contributed by atoms with E-state index in [2.05, 4.69) is 36.2 Å². The van der Waals surface area contributed by atoms with Gasteiger partial charge in [-0.05, 0) is 28.1 Å². The van der Waals surface area contributed by atoms with Crippen LogP contribution in [0.25, 0.3) is 11.0 Å². The number of hydrogen-bond acceptors (Lipinski definition) is 3. The first kappa shape index (κ1) is 15.5. The Kier molecular flexibility index (Phi) is 4.08. The van der Waals surface area contributed by atoms with Gasteiger partial charge in [0.15, 0.2) is 0 Å². The van der Waals surface area contributed by atoms with Gasteiger partial charge >= 0.3 is 5.69 Å². The van der Waals surface area contributed by atoms with Crippen molar-refractivity contribution in [2.24, 2.45) is 7.05 Å². The summed E-state index contributed by atoms with van der Waals surface area (Å²) in [5.41, 5.74) is 1.62. The summed E-state index contributed by atoms with van der Waals surface area (Å²) in [5, 5.41) is 2.88. The number of rotatable bonds is 4. The van der Waals surface area contributed by atoms with Crippen molar-refractivity contribution in [3.05, 3.63) is 50.9 Å². The molecule has 1 atom stereocenters. The van der Waals surface area contributed by atoms with E-state index < -0.39 is 0 Å². The van der Waals surface area contributed by atoms with Gasteiger partial charge in [0.2, 0.25) is 0 Å². The third kappa shape index (κ3) is 2.94. The molecule has 1 unspecified atom stereocenters. The zero-order valence-electron chi connectivity index (χ0n) is 12.7. The van der Waals surface area contributed by atoms with E-state index in [-0.39, 0.29) is 17.5 Å². The van der Waals surface area contributed by atoms with Crippen LogP contribution < -0.4 is 11.0 Å². The van der Waals surface area contributed by atoms with Crippen molar-refractivity contribution in [2.45, 2.75) is 12.8 Å². The molecule has 23 heavy (non-hydrogen) atoms. The Balaban J connectivity index is 1.80. The fraction of sp³-hybridized carbons (Fsp3) is 0.267. The van der Waals surface area contributed by atoms with E-state index in [1.165, 1.54) is 4.57 Å². The van der Waals surface area contributed by atoms with Gasteiger partial charge in [0, 0.05) is 41.9 Å². The lowest BCUT2D eigenvalue weighted by molar-refractivity contribution is 0.0951. The Bertz CT molecular complexity index is 910. The van der Waals surface area contributed by atoms with E-state index in [1.54, 1.807) is 31.6 Å². The standard InChI is InChI=1S/C15H16BrN5O2/c1-8(13-17-3-4-18-13)7-19-14(22)9-5-10(16)12-11(6-9)20-15(23)21(12)2/h3-6,8H,7H2,1-2H3,(H,17,18)(H,19,22)(H,20,23). The first-order valence-electron chi connectivity index (χ1n) is 7.13. The smallest absolute Gasteiger partial charge is 0.326 e. The van der Waals surface area contributed by atoms with Gasteiger partial charge in [0.1, 0.15) is 5.82 Å². The average molecular weight is 378 g/mol. The van der Waals surface area contributed by atoms with Gasteiger partial charge in [0.05, 0.1) is 11.0 Å². The molecule has 0 saturated heterocycles. The molecule has 3 rings (SSSR count). The number of imidazole rings is 2. The topological polar surface area (TPSA) is 95.6 Å². The summed E-state index contributed by atoms with van der Waals surface area (Å²) in [6, 6.07) is 3.39. The number of halogens is 1. The normalized spacial score (nSPS) is 12.5. The second kappa shape index (κ2) is 6.04. The molecule has 1 amide bonds. The number of carbonyl (C=O) groups excluding carboxylic acids is 1. The van der Waals surface area contributed by atoms with Gasteiger partial charge in [-0.2, -0.15) is 0 Å². The van der Waals surface area contributed by atoms with Crippen molar-refractivity contribution in [3.63, 3.8) is 0 Å². The van der Waals surface area contributed by atoms with Gasteiger partial charge in [-0.3, -0.25) is 9.36 Å². The fourth-order valence-electron chi connectivity index (χ4n) is 2.46. The van der Waals surface area contributed by atoms with Crippen molar-refractivity contribution in [1.82, 2.24) is 24.8 Å². The van der Waals surface area contributed by atoms with Crippen LogP contribution in [0.15, 0.2) is 33.8 Å². The highest BCUT2D eigenvalue weighted by molar-refractivity contribution is 9.10. The monoisotopic (exact) mass is 377 g/mol. The lowest BCUT2D eigenvalue weighted by atomic mass is 10.1. The van der Waals surface area contributed by atoms with Gasteiger partial charge in [-0.1, -0.05) is 6.92 Å². The molecule has 0 bridgehead atoms.